The minimum Gasteiger partial charge on any atom is -0.479 e. The Labute approximate surface area is 197 Å². The van der Waals surface area contributed by atoms with Crippen LogP contribution in [0, 0.1) is 0 Å². The van der Waals surface area contributed by atoms with E-state index < -0.39 is 49.0 Å². The van der Waals surface area contributed by atoms with E-state index >= 15 is 0 Å². The summed E-state index contributed by atoms with van der Waals surface area (Å²) in [4.78, 5) is 23.7. The monoisotopic (exact) mass is 471 g/mol. The Morgan fingerprint density at radius 2 is 1.76 bits per heavy atom. The molecule has 2 heterocycles. The minimum atomic E-state index is -1.14. The van der Waals surface area contributed by atoms with Crippen LogP contribution in [0.2, 0.25) is 0 Å². The van der Waals surface area contributed by atoms with Crippen LogP contribution in [0.15, 0.2) is 60.7 Å². The number of nitrogens with one attached hydrogen (secondary N) is 1. The Morgan fingerprint density at radius 1 is 1.09 bits per heavy atom. The molecule has 2 aliphatic heterocycles. The summed E-state index contributed by atoms with van der Waals surface area (Å²) in [5.41, 5.74) is 1.73. The number of hydrogen-bond acceptors (Lipinski definition) is 7. The van der Waals surface area contributed by atoms with Gasteiger partial charge in [-0.1, -0.05) is 60.7 Å². The Kier molecular flexibility index (Phi) is 7.91. The number of carboxylic acid groups (broad SMARTS) is 1. The molecule has 7 atom stereocenters. The number of ether oxygens (including phenoxy) is 5. The molecule has 2 aliphatic rings. The van der Waals surface area contributed by atoms with E-state index in [2.05, 4.69) is 5.32 Å². The summed E-state index contributed by atoms with van der Waals surface area (Å²) < 4.78 is 30.3. The summed E-state index contributed by atoms with van der Waals surface area (Å²) >= 11 is 0. The molecule has 0 radical (unpaired) electrons. The average Bonchev–Trinajstić information content (AvgIpc) is 2.84. The number of aliphatic carboxylic acids is 1. The number of carboxylic acids is 1. The molecule has 0 saturated carbocycles. The highest BCUT2D eigenvalue weighted by atomic mass is 16.8. The molecule has 9 heteroatoms. The van der Waals surface area contributed by atoms with Crippen LogP contribution in [0.1, 0.15) is 31.3 Å². The largest absolute Gasteiger partial charge is 0.479 e. The lowest BCUT2D eigenvalue weighted by Gasteiger charge is -2.49. The molecule has 9 nitrogen and oxygen atoms in total. The lowest BCUT2D eigenvalue weighted by molar-refractivity contribution is -0.351. The van der Waals surface area contributed by atoms with E-state index in [1.54, 1.807) is 0 Å². The van der Waals surface area contributed by atoms with Gasteiger partial charge in [0, 0.05) is 12.5 Å². The minimum absolute atomic E-state index is 0.184. The van der Waals surface area contributed by atoms with E-state index in [1.165, 1.54) is 13.8 Å². The number of amides is 1. The average molecular weight is 472 g/mol. The van der Waals surface area contributed by atoms with Crippen LogP contribution in [0.4, 0.5) is 0 Å². The van der Waals surface area contributed by atoms with Crippen molar-refractivity contribution in [2.75, 3.05) is 6.61 Å². The van der Waals surface area contributed by atoms with Crippen LogP contribution in [0.25, 0.3) is 0 Å². The van der Waals surface area contributed by atoms with E-state index in [9.17, 15) is 14.7 Å². The SMILES string of the molecule is CC(=O)N[C@@H]1[C@@H](OCc2ccccc2)O[C@@H]2COC(c3ccccc3)O[C@H]2[C@@H]1OC(C)C(=O)O. The normalized spacial score (nSPS) is 29.6. The first kappa shape index (κ1) is 24.3. The number of hydrogen-bond donors (Lipinski definition) is 2. The number of rotatable bonds is 8. The Hall–Kier alpha value is -2.82. The van der Waals surface area contributed by atoms with Gasteiger partial charge >= 0.3 is 5.97 Å². The lowest BCUT2D eigenvalue weighted by atomic mass is 9.95. The predicted molar refractivity (Wildman–Crippen MR) is 119 cm³/mol. The third-order valence-electron chi connectivity index (χ3n) is 5.75. The summed E-state index contributed by atoms with van der Waals surface area (Å²) in [5.74, 6) is -1.46. The molecular formula is C25H29NO8. The van der Waals surface area contributed by atoms with Gasteiger partial charge in [0.15, 0.2) is 18.7 Å². The molecule has 2 aromatic rings. The zero-order chi connectivity index (χ0) is 24.1. The molecule has 2 unspecified atom stereocenters. The fourth-order valence-electron chi connectivity index (χ4n) is 4.09. The summed E-state index contributed by atoms with van der Waals surface area (Å²) in [6.07, 6.45) is -4.87. The molecule has 0 spiro atoms. The molecule has 182 valence electrons. The predicted octanol–water partition coefficient (Wildman–Crippen LogP) is 2.41. The second-order valence-corrected chi connectivity index (χ2v) is 8.32. The molecule has 4 rings (SSSR count). The lowest BCUT2D eigenvalue weighted by Crippen LogP contribution is -2.67. The smallest absolute Gasteiger partial charge is 0.332 e. The van der Waals surface area contributed by atoms with Crippen molar-refractivity contribution >= 4 is 11.9 Å². The van der Waals surface area contributed by atoms with Crippen molar-refractivity contribution in [1.82, 2.24) is 5.32 Å². The Morgan fingerprint density at radius 3 is 2.41 bits per heavy atom. The van der Waals surface area contributed by atoms with Crippen LogP contribution < -0.4 is 5.32 Å². The summed E-state index contributed by atoms with van der Waals surface area (Å²) in [7, 11) is 0. The standard InChI is InChI=1S/C25H29NO8/c1-15(23(28)29)32-22-20(26-16(2)27)25(30-13-17-9-5-3-6-10-17)33-19-14-31-24(34-21(19)22)18-11-7-4-8-12-18/h3-12,15,19-22,24-25H,13-14H2,1-2H3,(H,26,27)(H,28,29)/t15?,19-,20+,21-,22-,24?,25+/m1/s1. The second kappa shape index (κ2) is 11.1. The highest BCUT2D eigenvalue weighted by Crippen LogP contribution is 2.36. The van der Waals surface area contributed by atoms with Crippen molar-refractivity contribution in [2.45, 2.75) is 63.5 Å². The van der Waals surface area contributed by atoms with Crippen molar-refractivity contribution in [3.8, 4) is 0 Å². The van der Waals surface area contributed by atoms with Gasteiger partial charge in [0.25, 0.3) is 0 Å². The molecule has 0 aliphatic carbocycles. The third kappa shape index (κ3) is 5.81. The van der Waals surface area contributed by atoms with Gasteiger partial charge < -0.3 is 34.1 Å². The molecule has 0 aromatic heterocycles. The maximum Gasteiger partial charge on any atom is 0.332 e. The van der Waals surface area contributed by atoms with E-state index in [1.807, 2.05) is 60.7 Å². The van der Waals surface area contributed by atoms with E-state index in [4.69, 9.17) is 23.7 Å². The number of fused-ring (bicyclic) bond motifs is 1. The molecule has 2 saturated heterocycles. The summed E-state index contributed by atoms with van der Waals surface area (Å²) in [6.45, 7) is 3.22. The summed E-state index contributed by atoms with van der Waals surface area (Å²) in [5, 5.41) is 12.3. The van der Waals surface area contributed by atoms with Gasteiger partial charge in [-0.2, -0.15) is 0 Å². The van der Waals surface area contributed by atoms with Crippen LogP contribution in [0.5, 0.6) is 0 Å². The van der Waals surface area contributed by atoms with Gasteiger partial charge in [-0.15, -0.1) is 0 Å². The van der Waals surface area contributed by atoms with Gasteiger partial charge in [-0.3, -0.25) is 4.79 Å². The molecule has 34 heavy (non-hydrogen) atoms. The zero-order valence-corrected chi connectivity index (χ0v) is 19.0. The second-order valence-electron chi connectivity index (χ2n) is 8.32. The van der Waals surface area contributed by atoms with Gasteiger partial charge in [0.2, 0.25) is 5.91 Å². The van der Waals surface area contributed by atoms with Crippen molar-refractivity contribution in [3.63, 3.8) is 0 Å². The zero-order valence-electron chi connectivity index (χ0n) is 19.0. The highest BCUT2D eigenvalue weighted by molar-refractivity contribution is 5.73. The van der Waals surface area contributed by atoms with Crippen LogP contribution in [0.3, 0.4) is 0 Å². The highest BCUT2D eigenvalue weighted by Gasteiger charge is 2.52. The van der Waals surface area contributed by atoms with Crippen LogP contribution in [-0.2, 0) is 39.9 Å². The fraction of sp³-hybridized carbons (Fsp3) is 0.440. The fourth-order valence-corrected chi connectivity index (χ4v) is 4.09. The van der Waals surface area contributed by atoms with Gasteiger partial charge in [0.1, 0.15) is 24.4 Å². The van der Waals surface area contributed by atoms with E-state index in [0.717, 1.165) is 11.1 Å². The van der Waals surface area contributed by atoms with Crippen molar-refractivity contribution in [2.24, 2.45) is 0 Å². The summed E-state index contributed by atoms with van der Waals surface area (Å²) in [6, 6.07) is 18.1. The topological polar surface area (TPSA) is 113 Å². The maximum atomic E-state index is 12.1. The molecule has 1 amide bonds. The van der Waals surface area contributed by atoms with Crippen molar-refractivity contribution in [3.05, 3.63) is 71.8 Å². The number of carbonyl (C=O) groups is 2. The maximum absolute atomic E-state index is 12.1. The first-order valence-corrected chi connectivity index (χ1v) is 11.2. The molecule has 2 fully saturated rings. The number of benzene rings is 2. The molecular weight excluding hydrogens is 442 g/mol. The van der Waals surface area contributed by atoms with Gasteiger partial charge in [-0.25, -0.2) is 4.79 Å². The van der Waals surface area contributed by atoms with Crippen LogP contribution >= 0.6 is 0 Å². The van der Waals surface area contributed by atoms with E-state index in [0.29, 0.717) is 0 Å². The van der Waals surface area contributed by atoms with Crippen molar-refractivity contribution < 1.29 is 38.4 Å². The molecule has 2 aromatic carbocycles. The van der Waals surface area contributed by atoms with E-state index in [-0.39, 0.29) is 19.1 Å². The van der Waals surface area contributed by atoms with Gasteiger partial charge in [0.05, 0.1) is 13.2 Å². The van der Waals surface area contributed by atoms with Crippen molar-refractivity contribution in [1.29, 1.82) is 0 Å². The first-order chi connectivity index (χ1) is 16.4. The quantitative estimate of drug-likeness (QED) is 0.604. The Balaban J connectivity index is 1.59. The molecule has 2 N–H and O–H groups in total. The third-order valence-corrected chi connectivity index (χ3v) is 5.75. The Bertz CT molecular complexity index is 956. The number of carbonyl (C=O) groups excluding carboxylic acids is 1. The van der Waals surface area contributed by atoms with Gasteiger partial charge in [-0.05, 0) is 12.5 Å². The molecule has 0 bridgehead atoms. The van der Waals surface area contributed by atoms with Crippen LogP contribution in [-0.4, -0.2) is 60.3 Å². The first-order valence-electron chi connectivity index (χ1n) is 11.2.